The fourth-order valence-electron chi connectivity index (χ4n) is 2.51. The fraction of sp³-hybridized carbons (Fsp3) is 0.538. The van der Waals surface area contributed by atoms with Crippen molar-refractivity contribution >= 4 is 5.91 Å². The van der Waals surface area contributed by atoms with E-state index in [1.54, 1.807) is 4.90 Å². The molecule has 1 aromatic rings. The third-order valence-electron chi connectivity index (χ3n) is 3.43. The molecular formula is C13H17FN2O. The molecule has 0 bridgehead atoms. The van der Waals surface area contributed by atoms with Crippen LogP contribution in [0.3, 0.4) is 0 Å². The Bertz CT molecular complexity index is 412. The number of aromatic nitrogens is 1. The number of hydrogen-bond donors (Lipinski definition) is 0. The Hall–Kier alpha value is -1.45. The van der Waals surface area contributed by atoms with E-state index in [2.05, 4.69) is 4.98 Å². The number of pyridine rings is 1. The summed E-state index contributed by atoms with van der Waals surface area (Å²) in [5.74, 6) is -0.757. The molecule has 1 amide bonds. The van der Waals surface area contributed by atoms with Gasteiger partial charge in [-0.2, -0.15) is 0 Å². The van der Waals surface area contributed by atoms with E-state index in [-0.39, 0.29) is 23.6 Å². The first-order chi connectivity index (χ1) is 8.11. The molecule has 92 valence electrons. The van der Waals surface area contributed by atoms with Crippen molar-refractivity contribution in [3.05, 3.63) is 29.8 Å². The summed E-state index contributed by atoms with van der Waals surface area (Å²) in [6, 6.07) is 1.81. The lowest BCUT2D eigenvalue weighted by Gasteiger charge is -2.39. The van der Waals surface area contributed by atoms with Crippen molar-refractivity contribution < 1.29 is 9.18 Å². The maximum Gasteiger partial charge on any atom is 0.257 e. The second kappa shape index (κ2) is 4.82. The summed E-state index contributed by atoms with van der Waals surface area (Å²) in [6.45, 7) is 4.04. The van der Waals surface area contributed by atoms with Gasteiger partial charge >= 0.3 is 0 Å². The minimum Gasteiger partial charge on any atom is -0.333 e. The summed E-state index contributed by atoms with van der Waals surface area (Å²) in [6.07, 6.45) is 5.65. The number of amides is 1. The molecule has 17 heavy (non-hydrogen) atoms. The Balaban J connectivity index is 2.27. The van der Waals surface area contributed by atoms with Crippen LogP contribution < -0.4 is 0 Å². The van der Waals surface area contributed by atoms with Gasteiger partial charge in [0.05, 0.1) is 11.8 Å². The number of piperidine rings is 1. The van der Waals surface area contributed by atoms with E-state index in [1.807, 2.05) is 13.8 Å². The summed E-state index contributed by atoms with van der Waals surface area (Å²) in [4.78, 5) is 17.8. The maximum absolute atomic E-state index is 13.5. The van der Waals surface area contributed by atoms with Crippen LogP contribution >= 0.6 is 0 Å². The molecule has 0 spiro atoms. The number of halogens is 1. The van der Waals surface area contributed by atoms with Crippen LogP contribution in [0.2, 0.25) is 0 Å². The second-order valence-electron chi connectivity index (χ2n) is 4.70. The second-order valence-corrected chi connectivity index (χ2v) is 4.70. The first-order valence-electron chi connectivity index (χ1n) is 6.03. The van der Waals surface area contributed by atoms with Gasteiger partial charge in [-0.25, -0.2) is 4.39 Å². The molecule has 0 N–H and O–H groups in total. The van der Waals surface area contributed by atoms with E-state index in [1.165, 1.54) is 12.3 Å². The van der Waals surface area contributed by atoms with Crippen LogP contribution in [0.25, 0.3) is 0 Å². The lowest BCUT2D eigenvalue weighted by Crippen LogP contribution is -2.47. The van der Waals surface area contributed by atoms with Crippen molar-refractivity contribution in [3.63, 3.8) is 0 Å². The Labute approximate surface area is 101 Å². The highest BCUT2D eigenvalue weighted by Gasteiger charge is 2.30. The van der Waals surface area contributed by atoms with Gasteiger partial charge in [-0.05, 0) is 39.2 Å². The van der Waals surface area contributed by atoms with Crippen LogP contribution in [0, 0.1) is 5.82 Å². The summed E-state index contributed by atoms with van der Waals surface area (Å²) in [7, 11) is 0. The van der Waals surface area contributed by atoms with Crippen LogP contribution in [0.1, 0.15) is 43.5 Å². The average Bonchev–Trinajstić information content (AvgIpc) is 2.29. The lowest BCUT2D eigenvalue weighted by atomic mass is 9.96. The fourth-order valence-corrected chi connectivity index (χ4v) is 2.51. The third-order valence-corrected chi connectivity index (χ3v) is 3.43. The lowest BCUT2D eigenvalue weighted by molar-refractivity contribution is 0.0506. The Morgan fingerprint density at radius 3 is 2.65 bits per heavy atom. The highest BCUT2D eigenvalue weighted by atomic mass is 19.1. The predicted molar refractivity (Wildman–Crippen MR) is 63.1 cm³/mol. The van der Waals surface area contributed by atoms with E-state index in [4.69, 9.17) is 0 Å². The molecule has 1 fully saturated rings. The maximum atomic E-state index is 13.5. The molecular weight excluding hydrogens is 219 g/mol. The van der Waals surface area contributed by atoms with Crippen LogP contribution in [0.4, 0.5) is 4.39 Å². The topological polar surface area (TPSA) is 33.2 Å². The smallest absolute Gasteiger partial charge is 0.257 e. The highest BCUT2D eigenvalue weighted by Crippen LogP contribution is 2.25. The van der Waals surface area contributed by atoms with E-state index >= 15 is 0 Å². The largest absolute Gasteiger partial charge is 0.333 e. The minimum atomic E-state index is -0.539. The number of hydrogen-bond acceptors (Lipinski definition) is 2. The molecule has 0 saturated carbocycles. The molecule has 2 unspecified atom stereocenters. The van der Waals surface area contributed by atoms with Crippen LogP contribution in [0.15, 0.2) is 18.5 Å². The van der Waals surface area contributed by atoms with E-state index in [9.17, 15) is 9.18 Å². The first-order valence-corrected chi connectivity index (χ1v) is 6.03. The van der Waals surface area contributed by atoms with Crippen LogP contribution in [-0.2, 0) is 0 Å². The van der Waals surface area contributed by atoms with Crippen molar-refractivity contribution in [1.29, 1.82) is 0 Å². The third kappa shape index (κ3) is 2.30. The number of likely N-dealkylation sites (tertiary alicyclic amines) is 1. The molecule has 1 aromatic heterocycles. The Morgan fingerprint density at radius 2 is 2.06 bits per heavy atom. The molecule has 2 atom stereocenters. The molecule has 2 heterocycles. The zero-order chi connectivity index (χ0) is 12.4. The molecule has 1 aliphatic heterocycles. The molecule has 0 radical (unpaired) electrons. The molecule has 2 rings (SSSR count). The SMILES string of the molecule is CC1CCCC(C)N1C(=O)c1ccncc1F. The Kier molecular flexibility index (Phi) is 3.41. The zero-order valence-corrected chi connectivity index (χ0v) is 10.2. The average molecular weight is 236 g/mol. The van der Waals surface area contributed by atoms with Crippen molar-refractivity contribution in [2.24, 2.45) is 0 Å². The van der Waals surface area contributed by atoms with Crippen LogP contribution in [-0.4, -0.2) is 27.9 Å². The number of rotatable bonds is 1. The van der Waals surface area contributed by atoms with Crippen molar-refractivity contribution in [2.45, 2.75) is 45.2 Å². The summed E-state index contributed by atoms with van der Waals surface area (Å²) in [5, 5.41) is 0. The quantitative estimate of drug-likeness (QED) is 0.751. The number of carbonyl (C=O) groups excluding carboxylic acids is 1. The van der Waals surface area contributed by atoms with E-state index < -0.39 is 5.82 Å². The van der Waals surface area contributed by atoms with Gasteiger partial charge in [0.15, 0.2) is 5.82 Å². The molecule has 1 aliphatic rings. The molecule has 0 aromatic carbocycles. The molecule has 1 saturated heterocycles. The van der Waals surface area contributed by atoms with Gasteiger partial charge in [-0.15, -0.1) is 0 Å². The molecule has 3 nitrogen and oxygen atoms in total. The number of nitrogens with zero attached hydrogens (tertiary/aromatic N) is 2. The summed E-state index contributed by atoms with van der Waals surface area (Å²) in [5.41, 5.74) is 0.126. The van der Waals surface area contributed by atoms with Crippen LogP contribution in [0.5, 0.6) is 0 Å². The van der Waals surface area contributed by atoms with E-state index in [0.29, 0.717) is 0 Å². The van der Waals surface area contributed by atoms with Crippen molar-refractivity contribution in [2.75, 3.05) is 0 Å². The van der Waals surface area contributed by atoms with Crippen molar-refractivity contribution in [3.8, 4) is 0 Å². The van der Waals surface area contributed by atoms with Gasteiger partial charge in [0.2, 0.25) is 0 Å². The van der Waals surface area contributed by atoms with Gasteiger partial charge < -0.3 is 4.90 Å². The molecule has 4 heteroatoms. The normalized spacial score (nSPS) is 24.8. The minimum absolute atomic E-state index is 0.126. The van der Waals surface area contributed by atoms with E-state index in [0.717, 1.165) is 25.5 Å². The van der Waals surface area contributed by atoms with Gasteiger partial charge in [0.25, 0.3) is 5.91 Å². The number of carbonyl (C=O) groups is 1. The first kappa shape index (κ1) is 12.0. The summed E-state index contributed by atoms with van der Waals surface area (Å²) < 4.78 is 13.5. The van der Waals surface area contributed by atoms with Gasteiger partial charge in [0, 0.05) is 18.3 Å². The van der Waals surface area contributed by atoms with Crippen molar-refractivity contribution in [1.82, 2.24) is 9.88 Å². The standard InChI is InChI=1S/C13H17FN2O/c1-9-4-3-5-10(2)16(9)13(17)11-6-7-15-8-12(11)14/h6-10H,3-5H2,1-2H3. The highest BCUT2D eigenvalue weighted by molar-refractivity contribution is 5.94. The molecule has 0 aliphatic carbocycles. The predicted octanol–water partition coefficient (Wildman–Crippen LogP) is 2.62. The van der Waals surface area contributed by atoms with Gasteiger partial charge in [-0.3, -0.25) is 9.78 Å². The Morgan fingerprint density at radius 1 is 1.41 bits per heavy atom. The van der Waals surface area contributed by atoms with Gasteiger partial charge in [0.1, 0.15) is 0 Å². The van der Waals surface area contributed by atoms with Gasteiger partial charge in [-0.1, -0.05) is 0 Å². The zero-order valence-electron chi connectivity index (χ0n) is 10.2. The summed E-state index contributed by atoms with van der Waals surface area (Å²) >= 11 is 0. The monoisotopic (exact) mass is 236 g/mol.